The van der Waals surface area contributed by atoms with Crippen molar-refractivity contribution in [3.05, 3.63) is 71.8 Å². The highest BCUT2D eigenvalue weighted by Gasteiger charge is 2.28. The Morgan fingerprint density at radius 1 is 1.06 bits per heavy atom. The van der Waals surface area contributed by atoms with E-state index < -0.39 is 30.7 Å². The quantitative estimate of drug-likeness (QED) is 0.491. The van der Waals surface area contributed by atoms with Crippen LogP contribution in [-0.2, 0) is 6.54 Å². The SMILES string of the molecule is O=c1c2cc(-c3cccnc3)nc(-c3cccnc3)c2ncn1CC(O)CCC(F)(F)F. The smallest absolute Gasteiger partial charge is 0.389 e. The van der Waals surface area contributed by atoms with Crippen LogP contribution in [0.1, 0.15) is 12.8 Å². The molecule has 4 aromatic rings. The number of hydrogen-bond donors (Lipinski definition) is 1. The maximum atomic E-state index is 13.2. The first-order valence-electron chi connectivity index (χ1n) is 9.77. The minimum absolute atomic E-state index is 0.225. The van der Waals surface area contributed by atoms with Crippen LogP contribution in [0.4, 0.5) is 13.2 Å². The lowest BCUT2D eigenvalue weighted by Gasteiger charge is -2.15. The fourth-order valence-electron chi connectivity index (χ4n) is 3.31. The van der Waals surface area contributed by atoms with Crippen LogP contribution in [0, 0.1) is 0 Å². The number of halogens is 3. The predicted octanol–water partition coefficient (Wildman–Crippen LogP) is 3.62. The molecule has 7 nitrogen and oxygen atoms in total. The van der Waals surface area contributed by atoms with Crippen LogP contribution in [-0.4, -0.2) is 41.9 Å². The van der Waals surface area contributed by atoms with E-state index in [1.54, 1.807) is 55.1 Å². The standard InChI is InChI=1S/C22H18F3N5O2/c23-22(24,25)6-5-16(31)12-30-13-28-20-17(21(30)32)9-18(14-3-1-7-26-10-14)29-19(20)15-4-2-8-27-11-15/h1-4,7-11,13,16,31H,5-6,12H2. The molecule has 0 aliphatic carbocycles. The van der Waals surface area contributed by atoms with E-state index in [1.165, 1.54) is 6.33 Å². The van der Waals surface area contributed by atoms with E-state index in [4.69, 9.17) is 0 Å². The summed E-state index contributed by atoms with van der Waals surface area (Å²) in [5.74, 6) is 0. The molecule has 0 spiro atoms. The molecule has 4 aromatic heterocycles. The van der Waals surface area contributed by atoms with Gasteiger partial charge in [-0.05, 0) is 36.8 Å². The highest BCUT2D eigenvalue weighted by Crippen LogP contribution is 2.28. The number of aromatic nitrogens is 5. The van der Waals surface area contributed by atoms with E-state index >= 15 is 0 Å². The molecule has 0 amide bonds. The van der Waals surface area contributed by atoms with E-state index in [0.29, 0.717) is 28.0 Å². The maximum absolute atomic E-state index is 13.2. The van der Waals surface area contributed by atoms with E-state index in [1.807, 2.05) is 0 Å². The molecule has 0 saturated heterocycles. The number of pyridine rings is 3. The van der Waals surface area contributed by atoms with Crippen LogP contribution in [0.5, 0.6) is 0 Å². The van der Waals surface area contributed by atoms with Gasteiger partial charge in [0.25, 0.3) is 5.56 Å². The van der Waals surface area contributed by atoms with Gasteiger partial charge in [-0.15, -0.1) is 0 Å². The number of rotatable bonds is 6. The molecule has 0 aliphatic rings. The largest absolute Gasteiger partial charge is 0.391 e. The van der Waals surface area contributed by atoms with Crippen molar-refractivity contribution in [3.63, 3.8) is 0 Å². The summed E-state index contributed by atoms with van der Waals surface area (Å²) < 4.78 is 38.4. The molecule has 0 bridgehead atoms. The number of nitrogens with zero attached hydrogens (tertiary/aromatic N) is 5. The topological polar surface area (TPSA) is 93.8 Å². The maximum Gasteiger partial charge on any atom is 0.389 e. The zero-order valence-electron chi connectivity index (χ0n) is 16.7. The van der Waals surface area contributed by atoms with Crippen molar-refractivity contribution < 1.29 is 18.3 Å². The highest BCUT2D eigenvalue weighted by molar-refractivity contribution is 5.93. The summed E-state index contributed by atoms with van der Waals surface area (Å²) in [4.78, 5) is 30.4. The molecule has 0 fully saturated rings. The molecule has 32 heavy (non-hydrogen) atoms. The van der Waals surface area contributed by atoms with Crippen molar-refractivity contribution in [2.45, 2.75) is 31.7 Å². The number of aliphatic hydroxyl groups excluding tert-OH is 1. The fourth-order valence-corrected chi connectivity index (χ4v) is 3.31. The van der Waals surface area contributed by atoms with Gasteiger partial charge in [-0.25, -0.2) is 9.97 Å². The molecular formula is C22H18F3N5O2. The Morgan fingerprint density at radius 3 is 2.38 bits per heavy atom. The van der Waals surface area contributed by atoms with Crippen molar-refractivity contribution >= 4 is 10.9 Å². The van der Waals surface area contributed by atoms with Gasteiger partial charge < -0.3 is 5.11 Å². The van der Waals surface area contributed by atoms with Gasteiger partial charge in [-0.1, -0.05) is 0 Å². The van der Waals surface area contributed by atoms with Crippen molar-refractivity contribution in [2.75, 3.05) is 0 Å². The Bertz CT molecular complexity index is 1280. The van der Waals surface area contributed by atoms with E-state index in [0.717, 1.165) is 4.57 Å². The Morgan fingerprint density at radius 2 is 1.75 bits per heavy atom. The summed E-state index contributed by atoms with van der Waals surface area (Å²) in [6.45, 7) is -0.301. The minimum atomic E-state index is -4.38. The van der Waals surface area contributed by atoms with E-state index in [2.05, 4.69) is 19.9 Å². The first-order chi connectivity index (χ1) is 15.3. The number of fused-ring (bicyclic) bond motifs is 1. The fraction of sp³-hybridized carbons (Fsp3) is 0.227. The summed E-state index contributed by atoms with van der Waals surface area (Å²) in [7, 11) is 0. The molecule has 10 heteroatoms. The number of aliphatic hydroxyl groups is 1. The zero-order chi connectivity index (χ0) is 22.7. The van der Waals surface area contributed by atoms with Crippen LogP contribution < -0.4 is 5.56 Å². The summed E-state index contributed by atoms with van der Waals surface area (Å²) >= 11 is 0. The van der Waals surface area contributed by atoms with Crippen molar-refractivity contribution in [1.29, 1.82) is 0 Å². The summed E-state index contributed by atoms with van der Waals surface area (Å²) in [5, 5.41) is 10.2. The van der Waals surface area contributed by atoms with Gasteiger partial charge in [-0.3, -0.25) is 19.3 Å². The van der Waals surface area contributed by atoms with Gasteiger partial charge in [0.2, 0.25) is 0 Å². The van der Waals surface area contributed by atoms with Gasteiger partial charge in [0.1, 0.15) is 5.52 Å². The number of hydrogen-bond acceptors (Lipinski definition) is 6. The molecule has 1 N–H and O–H groups in total. The minimum Gasteiger partial charge on any atom is -0.391 e. The molecule has 0 saturated carbocycles. The van der Waals surface area contributed by atoms with Gasteiger partial charge >= 0.3 is 6.18 Å². The van der Waals surface area contributed by atoms with Crippen molar-refractivity contribution in [1.82, 2.24) is 24.5 Å². The van der Waals surface area contributed by atoms with Crippen molar-refractivity contribution in [3.8, 4) is 22.5 Å². The van der Waals surface area contributed by atoms with Gasteiger partial charge in [0.05, 0.1) is 35.8 Å². The third-order valence-electron chi connectivity index (χ3n) is 4.87. The molecule has 0 aromatic carbocycles. The normalized spacial score (nSPS) is 12.8. The molecule has 1 unspecified atom stereocenters. The lowest BCUT2D eigenvalue weighted by atomic mass is 10.1. The summed E-state index contributed by atoms with van der Waals surface area (Å²) in [6, 6.07) is 8.63. The van der Waals surface area contributed by atoms with Gasteiger partial charge in [0.15, 0.2) is 0 Å². The molecule has 0 aliphatic heterocycles. The lowest BCUT2D eigenvalue weighted by molar-refractivity contribution is -0.140. The number of alkyl halides is 3. The lowest BCUT2D eigenvalue weighted by Crippen LogP contribution is -2.28. The Labute approximate surface area is 180 Å². The third-order valence-corrected chi connectivity index (χ3v) is 4.87. The van der Waals surface area contributed by atoms with Gasteiger partial charge in [-0.2, -0.15) is 13.2 Å². The molecule has 4 heterocycles. The van der Waals surface area contributed by atoms with Crippen LogP contribution in [0.2, 0.25) is 0 Å². The third kappa shape index (κ3) is 4.80. The second-order valence-electron chi connectivity index (χ2n) is 7.25. The predicted molar refractivity (Wildman–Crippen MR) is 112 cm³/mol. The molecule has 164 valence electrons. The van der Waals surface area contributed by atoms with Crippen LogP contribution >= 0.6 is 0 Å². The monoisotopic (exact) mass is 441 g/mol. The Kier molecular flexibility index (Phi) is 5.95. The van der Waals surface area contributed by atoms with Crippen molar-refractivity contribution in [2.24, 2.45) is 0 Å². The van der Waals surface area contributed by atoms with Gasteiger partial charge in [0, 0.05) is 42.3 Å². The van der Waals surface area contributed by atoms with E-state index in [-0.39, 0.29) is 11.9 Å². The van der Waals surface area contributed by atoms with Crippen LogP contribution in [0.15, 0.2) is 66.2 Å². The first kappa shape index (κ1) is 21.6. The Hall–Kier alpha value is -3.66. The van der Waals surface area contributed by atoms with E-state index in [9.17, 15) is 23.1 Å². The zero-order valence-corrected chi connectivity index (χ0v) is 16.7. The summed E-state index contributed by atoms with van der Waals surface area (Å²) in [5.41, 5.74) is 2.10. The van der Waals surface area contributed by atoms with Crippen LogP contribution in [0.3, 0.4) is 0 Å². The van der Waals surface area contributed by atoms with Crippen LogP contribution in [0.25, 0.3) is 33.4 Å². The first-order valence-corrected chi connectivity index (χ1v) is 9.77. The second kappa shape index (κ2) is 8.83. The molecule has 1 atom stereocenters. The average molecular weight is 441 g/mol. The molecular weight excluding hydrogens is 423 g/mol. The average Bonchev–Trinajstić information content (AvgIpc) is 2.80. The molecule has 0 radical (unpaired) electrons. The highest BCUT2D eigenvalue weighted by atomic mass is 19.4. The second-order valence-corrected chi connectivity index (χ2v) is 7.25. The molecule has 4 rings (SSSR count). The Balaban J connectivity index is 1.81. The summed E-state index contributed by atoms with van der Waals surface area (Å²) in [6.07, 6.45) is 0.286.